The SMILES string of the molecule is c1ccc(-c2nc3ccc4oc5cc(-c6nc(-c7ccccc7-c7ccccc7)nc(-c7ccc(-c8ccccc8)c8ccccc78)n6)c6ccccc6c5c4c3o2)cc1. The lowest BCUT2D eigenvalue weighted by Gasteiger charge is -2.15. The van der Waals surface area contributed by atoms with E-state index in [1.54, 1.807) is 0 Å². The van der Waals surface area contributed by atoms with Crippen molar-refractivity contribution in [1.82, 2.24) is 19.9 Å². The van der Waals surface area contributed by atoms with Crippen molar-refractivity contribution < 1.29 is 8.83 Å². The van der Waals surface area contributed by atoms with E-state index in [4.69, 9.17) is 28.8 Å². The first-order valence-electron chi connectivity index (χ1n) is 20.0. The fourth-order valence-electron chi connectivity index (χ4n) is 8.64. The number of furan rings is 1. The molecule has 6 heteroatoms. The van der Waals surface area contributed by atoms with Crippen molar-refractivity contribution in [1.29, 1.82) is 0 Å². The molecule has 0 saturated carbocycles. The molecule has 0 aliphatic rings. The lowest BCUT2D eigenvalue weighted by molar-refractivity contribution is 0.622. The molecule has 0 amide bonds. The number of hydrogen-bond acceptors (Lipinski definition) is 6. The molecule has 0 unspecified atom stereocenters. The molecule has 0 radical (unpaired) electrons. The first-order valence-corrected chi connectivity index (χ1v) is 20.0. The molecule has 0 saturated heterocycles. The molecule has 0 fully saturated rings. The van der Waals surface area contributed by atoms with Crippen molar-refractivity contribution in [2.75, 3.05) is 0 Å². The molecule has 0 atom stereocenters. The normalized spacial score (nSPS) is 11.7. The summed E-state index contributed by atoms with van der Waals surface area (Å²) in [5.41, 5.74) is 10.9. The van der Waals surface area contributed by atoms with E-state index in [1.807, 2.05) is 60.7 Å². The number of rotatable bonds is 6. The first kappa shape index (κ1) is 33.9. The van der Waals surface area contributed by atoms with Crippen LogP contribution in [0.25, 0.3) is 122 Å². The number of nitrogens with zero attached hydrogens (tertiary/aromatic N) is 4. The van der Waals surface area contributed by atoms with Crippen LogP contribution < -0.4 is 0 Å². The highest BCUT2D eigenvalue weighted by Gasteiger charge is 2.23. The van der Waals surface area contributed by atoms with Gasteiger partial charge in [-0.05, 0) is 80.2 Å². The van der Waals surface area contributed by atoms with Crippen LogP contribution in [0, 0.1) is 0 Å². The maximum atomic E-state index is 6.71. The Bertz CT molecular complexity index is 3600. The standard InChI is InChI=1S/C54H32N4O2/c1-4-16-33(17-5-1)36-22-10-15-27-42(36)51-56-52(43-29-28-37(34-18-6-2-7-19-34)38-23-11-12-24-39(38)43)58-53(57-51)44-32-47-48(41-26-14-13-25-40(41)44)49-46(59-47)31-30-45-50(49)60-54(55-45)35-20-8-3-9-21-35/h1-32H. The van der Waals surface area contributed by atoms with Crippen molar-refractivity contribution in [2.24, 2.45) is 0 Å². The molecule has 60 heavy (non-hydrogen) atoms. The van der Waals surface area contributed by atoms with Gasteiger partial charge in [0.05, 0.1) is 5.39 Å². The molecular weight excluding hydrogens is 737 g/mol. The van der Waals surface area contributed by atoms with Gasteiger partial charge in [-0.1, -0.05) is 158 Å². The summed E-state index contributed by atoms with van der Waals surface area (Å²) >= 11 is 0. The van der Waals surface area contributed by atoms with Gasteiger partial charge in [0.2, 0.25) is 5.89 Å². The van der Waals surface area contributed by atoms with Gasteiger partial charge in [-0.15, -0.1) is 0 Å². The molecule has 3 aromatic heterocycles. The smallest absolute Gasteiger partial charge is 0.227 e. The Morgan fingerprint density at radius 2 is 0.800 bits per heavy atom. The van der Waals surface area contributed by atoms with Crippen LogP contribution in [-0.4, -0.2) is 19.9 Å². The van der Waals surface area contributed by atoms with E-state index in [-0.39, 0.29) is 0 Å². The van der Waals surface area contributed by atoms with Gasteiger partial charge in [0.25, 0.3) is 0 Å². The van der Waals surface area contributed by atoms with Crippen LogP contribution in [0.3, 0.4) is 0 Å². The van der Waals surface area contributed by atoms with Gasteiger partial charge in [-0.2, -0.15) is 0 Å². The van der Waals surface area contributed by atoms with Crippen LogP contribution in [-0.2, 0) is 0 Å². The van der Waals surface area contributed by atoms with Crippen LogP contribution in [0.1, 0.15) is 0 Å². The van der Waals surface area contributed by atoms with E-state index >= 15 is 0 Å². The summed E-state index contributed by atoms with van der Waals surface area (Å²) in [6, 6.07) is 66.4. The Kier molecular flexibility index (Phi) is 7.74. The summed E-state index contributed by atoms with van der Waals surface area (Å²) in [4.78, 5) is 20.9. The summed E-state index contributed by atoms with van der Waals surface area (Å²) in [7, 11) is 0. The predicted octanol–water partition coefficient (Wildman–Crippen LogP) is 14.2. The van der Waals surface area contributed by atoms with Gasteiger partial charge in [-0.3, -0.25) is 0 Å². The minimum atomic E-state index is 0.545. The summed E-state index contributed by atoms with van der Waals surface area (Å²) < 4.78 is 13.2. The van der Waals surface area contributed by atoms with Crippen LogP contribution in [0.15, 0.2) is 203 Å². The lowest BCUT2D eigenvalue weighted by atomic mass is 9.94. The van der Waals surface area contributed by atoms with Crippen molar-refractivity contribution in [3.05, 3.63) is 194 Å². The summed E-state index contributed by atoms with van der Waals surface area (Å²) in [5, 5.41) is 6.01. The van der Waals surface area contributed by atoms with Crippen molar-refractivity contribution >= 4 is 54.6 Å². The van der Waals surface area contributed by atoms with Gasteiger partial charge in [-0.25, -0.2) is 19.9 Å². The maximum absolute atomic E-state index is 6.71. The molecule has 280 valence electrons. The van der Waals surface area contributed by atoms with E-state index < -0.39 is 0 Å². The first-order chi connectivity index (χ1) is 29.7. The molecule has 6 nitrogen and oxygen atoms in total. The van der Waals surface area contributed by atoms with Crippen LogP contribution in [0.4, 0.5) is 0 Å². The quantitative estimate of drug-likeness (QED) is 0.168. The monoisotopic (exact) mass is 768 g/mol. The Hall–Kier alpha value is -8.22. The minimum Gasteiger partial charge on any atom is -0.456 e. The highest BCUT2D eigenvalue weighted by molar-refractivity contribution is 6.27. The minimum absolute atomic E-state index is 0.545. The lowest BCUT2D eigenvalue weighted by Crippen LogP contribution is -2.02. The van der Waals surface area contributed by atoms with E-state index in [1.165, 1.54) is 0 Å². The molecular formula is C54H32N4O2. The Labute approximate surface area is 344 Å². The predicted molar refractivity (Wildman–Crippen MR) is 242 cm³/mol. The zero-order valence-electron chi connectivity index (χ0n) is 32.1. The second-order valence-corrected chi connectivity index (χ2v) is 14.9. The Balaban J connectivity index is 1.13. The van der Waals surface area contributed by atoms with Crippen LogP contribution in [0.2, 0.25) is 0 Å². The number of oxazole rings is 1. The zero-order chi connectivity index (χ0) is 39.6. The molecule has 12 aromatic rings. The average Bonchev–Trinajstić information content (AvgIpc) is 3.94. The van der Waals surface area contributed by atoms with Gasteiger partial charge in [0.15, 0.2) is 23.1 Å². The van der Waals surface area contributed by atoms with Crippen LogP contribution in [0.5, 0.6) is 0 Å². The molecule has 3 heterocycles. The number of hydrogen-bond donors (Lipinski definition) is 0. The number of aromatic nitrogens is 4. The summed E-state index contributed by atoms with van der Waals surface area (Å²) in [6.07, 6.45) is 0. The molecule has 0 aliphatic heterocycles. The van der Waals surface area contributed by atoms with E-state index in [0.717, 1.165) is 82.3 Å². The maximum Gasteiger partial charge on any atom is 0.227 e. The third-order valence-electron chi connectivity index (χ3n) is 11.4. The van der Waals surface area contributed by atoms with Gasteiger partial charge in [0, 0.05) is 27.6 Å². The second-order valence-electron chi connectivity index (χ2n) is 14.9. The number of benzene rings is 9. The van der Waals surface area contributed by atoms with Gasteiger partial charge < -0.3 is 8.83 Å². The molecule has 9 aromatic carbocycles. The van der Waals surface area contributed by atoms with Gasteiger partial charge in [0.1, 0.15) is 16.7 Å². The highest BCUT2D eigenvalue weighted by atomic mass is 16.4. The van der Waals surface area contributed by atoms with Crippen molar-refractivity contribution in [3.8, 4) is 67.9 Å². The van der Waals surface area contributed by atoms with E-state index in [2.05, 4.69) is 133 Å². The second kappa shape index (κ2) is 13.7. The molecule has 0 aliphatic carbocycles. The van der Waals surface area contributed by atoms with E-state index in [9.17, 15) is 0 Å². The molecule has 0 spiro atoms. The average molecular weight is 769 g/mol. The topological polar surface area (TPSA) is 77.8 Å². The van der Waals surface area contributed by atoms with Gasteiger partial charge >= 0.3 is 0 Å². The molecule has 12 rings (SSSR count). The fourth-order valence-corrected chi connectivity index (χ4v) is 8.64. The summed E-state index contributed by atoms with van der Waals surface area (Å²) in [5.74, 6) is 2.28. The Morgan fingerprint density at radius 1 is 0.300 bits per heavy atom. The van der Waals surface area contributed by atoms with E-state index in [0.29, 0.717) is 40.1 Å². The van der Waals surface area contributed by atoms with Crippen molar-refractivity contribution in [3.63, 3.8) is 0 Å². The fraction of sp³-hybridized carbons (Fsp3) is 0. The number of fused-ring (bicyclic) bond motifs is 8. The third kappa shape index (κ3) is 5.50. The Morgan fingerprint density at radius 3 is 1.48 bits per heavy atom. The third-order valence-corrected chi connectivity index (χ3v) is 11.4. The largest absolute Gasteiger partial charge is 0.456 e. The van der Waals surface area contributed by atoms with Crippen LogP contribution >= 0.6 is 0 Å². The zero-order valence-corrected chi connectivity index (χ0v) is 32.1. The highest BCUT2D eigenvalue weighted by Crippen LogP contribution is 2.44. The summed E-state index contributed by atoms with van der Waals surface area (Å²) in [6.45, 7) is 0. The molecule has 0 N–H and O–H groups in total. The van der Waals surface area contributed by atoms with Crippen molar-refractivity contribution in [2.45, 2.75) is 0 Å². The molecule has 0 bridgehead atoms.